The van der Waals surface area contributed by atoms with Crippen LogP contribution in [-0.4, -0.2) is 16.5 Å². The van der Waals surface area contributed by atoms with Crippen molar-refractivity contribution in [2.75, 3.05) is 11.9 Å². The Balaban J connectivity index is 2.33. The molecule has 0 spiro atoms. The molecule has 0 radical (unpaired) electrons. The number of anilines is 1. The Kier molecular flexibility index (Phi) is 4.11. The highest BCUT2D eigenvalue weighted by molar-refractivity contribution is 7.16. The summed E-state index contributed by atoms with van der Waals surface area (Å²) < 4.78 is 0. The average molecular weight is 277 g/mol. The van der Waals surface area contributed by atoms with Gasteiger partial charge < -0.3 is 5.32 Å². The van der Waals surface area contributed by atoms with Crippen molar-refractivity contribution in [3.8, 4) is 11.3 Å². The van der Waals surface area contributed by atoms with E-state index < -0.39 is 0 Å². The second kappa shape index (κ2) is 5.79. The van der Waals surface area contributed by atoms with E-state index in [2.05, 4.69) is 17.2 Å². The van der Waals surface area contributed by atoms with E-state index in [1.54, 1.807) is 23.5 Å². The number of benzene rings is 1. The highest BCUT2D eigenvalue weighted by Crippen LogP contribution is 2.31. The van der Waals surface area contributed by atoms with Gasteiger partial charge in [-0.25, -0.2) is 4.98 Å². The molecule has 19 heavy (non-hydrogen) atoms. The Labute approximate surface area is 115 Å². The van der Waals surface area contributed by atoms with E-state index in [1.165, 1.54) is 6.07 Å². The van der Waals surface area contributed by atoms with Crippen LogP contribution < -0.4 is 5.32 Å². The quantitative estimate of drug-likeness (QED) is 0.665. The van der Waals surface area contributed by atoms with E-state index >= 15 is 0 Å². The standard InChI is InChI=1S/C13H15N3O2S/c1-3-7-14-13-15-12(9(2)19-13)10-5-4-6-11(8-10)16(17)18/h4-6,8H,3,7H2,1-2H3,(H,14,15). The van der Waals surface area contributed by atoms with Crippen LogP contribution in [0.1, 0.15) is 18.2 Å². The Bertz CT molecular complexity index is 595. The number of nitrogens with zero attached hydrogens (tertiary/aromatic N) is 2. The van der Waals surface area contributed by atoms with Gasteiger partial charge in [-0.2, -0.15) is 0 Å². The molecule has 0 amide bonds. The average Bonchev–Trinajstić information content (AvgIpc) is 2.77. The predicted octanol–water partition coefficient (Wildman–Crippen LogP) is 3.85. The SMILES string of the molecule is CCCNc1nc(-c2cccc([N+](=O)[O-])c2)c(C)s1. The van der Waals surface area contributed by atoms with Crippen LogP contribution in [0, 0.1) is 17.0 Å². The number of aryl methyl sites for hydroxylation is 1. The van der Waals surface area contributed by atoms with Gasteiger partial charge in [0.15, 0.2) is 5.13 Å². The molecule has 2 aromatic rings. The molecule has 0 aliphatic heterocycles. The number of nitrogens with one attached hydrogen (secondary N) is 1. The molecule has 6 heteroatoms. The molecule has 0 saturated carbocycles. The minimum Gasteiger partial charge on any atom is -0.362 e. The van der Waals surface area contributed by atoms with Gasteiger partial charge in [0.25, 0.3) is 5.69 Å². The smallest absolute Gasteiger partial charge is 0.270 e. The number of non-ortho nitro benzene ring substituents is 1. The summed E-state index contributed by atoms with van der Waals surface area (Å²) in [5, 5.41) is 14.9. The Morgan fingerprint density at radius 3 is 2.95 bits per heavy atom. The third-order valence-corrected chi connectivity index (χ3v) is 3.58. The molecule has 1 heterocycles. The zero-order valence-corrected chi connectivity index (χ0v) is 11.7. The van der Waals surface area contributed by atoms with Gasteiger partial charge in [0, 0.05) is 29.1 Å². The first kappa shape index (κ1) is 13.5. The molecular formula is C13H15N3O2S. The van der Waals surface area contributed by atoms with Crippen LogP contribution in [0.15, 0.2) is 24.3 Å². The largest absolute Gasteiger partial charge is 0.362 e. The first-order valence-corrected chi connectivity index (χ1v) is 6.89. The Hall–Kier alpha value is -1.95. The number of nitro groups is 1. The maximum absolute atomic E-state index is 10.8. The lowest BCUT2D eigenvalue weighted by Gasteiger charge is -1.99. The normalized spacial score (nSPS) is 10.4. The molecule has 2 rings (SSSR count). The number of hydrogen-bond acceptors (Lipinski definition) is 5. The van der Waals surface area contributed by atoms with Crippen molar-refractivity contribution in [3.63, 3.8) is 0 Å². The van der Waals surface area contributed by atoms with Crippen molar-refractivity contribution in [2.24, 2.45) is 0 Å². The fraction of sp³-hybridized carbons (Fsp3) is 0.308. The van der Waals surface area contributed by atoms with Gasteiger partial charge in [0.2, 0.25) is 0 Å². The lowest BCUT2D eigenvalue weighted by Crippen LogP contribution is -1.98. The summed E-state index contributed by atoms with van der Waals surface area (Å²) in [6.45, 7) is 4.94. The van der Waals surface area contributed by atoms with Gasteiger partial charge in [0.05, 0.1) is 10.6 Å². The van der Waals surface area contributed by atoms with Crippen molar-refractivity contribution < 1.29 is 4.92 Å². The monoisotopic (exact) mass is 277 g/mol. The third kappa shape index (κ3) is 3.08. The summed E-state index contributed by atoms with van der Waals surface area (Å²) in [6.07, 6.45) is 1.03. The van der Waals surface area contributed by atoms with Crippen LogP contribution in [0.2, 0.25) is 0 Å². The Morgan fingerprint density at radius 1 is 1.47 bits per heavy atom. The fourth-order valence-corrected chi connectivity index (χ4v) is 2.60. The number of rotatable bonds is 5. The molecule has 1 aromatic carbocycles. The minimum atomic E-state index is -0.387. The summed E-state index contributed by atoms with van der Waals surface area (Å²) in [4.78, 5) is 16.0. The van der Waals surface area contributed by atoms with Gasteiger partial charge in [0.1, 0.15) is 0 Å². The maximum Gasteiger partial charge on any atom is 0.270 e. The highest BCUT2D eigenvalue weighted by Gasteiger charge is 2.13. The minimum absolute atomic E-state index is 0.0907. The van der Waals surface area contributed by atoms with Crippen LogP contribution in [0.25, 0.3) is 11.3 Å². The maximum atomic E-state index is 10.8. The van der Waals surface area contributed by atoms with E-state index in [-0.39, 0.29) is 10.6 Å². The van der Waals surface area contributed by atoms with Gasteiger partial charge in [-0.15, -0.1) is 11.3 Å². The van der Waals surface area contributed by atoms with Crippen molar-refractivity contribution in [1.29, 1.82) is 0 Å². The Morgan fingerprint density at radius 2 is 2.26 bits per heavy atom. The second-order valence-electron chi connectivity index (χ2n) is 4.16. The van der Waals surface area contributed by atoms with Crippen LogP contribution in [0.5, 0.6) is 0 Å². The molecular weight excluding hydrogens is 262 g/mol. The second-order valence-corrected chi connectivity index (χ2v) is 5.36. The predicted molar refractivity (Wildman–Crippen MR) is 77.7 cm³/mol. The molecule has 1 N–H and O–H groups in total. The molecule has 0 unspecified atom stereocenters. The molecule has 0 aliphatic carbocycles. The van der Waals surface area contributed by atoms with Crippen LogP contribution in [0.3, 0.4) is 0 Å². The summed E-state index contributed by atoms with van der Waals surface area (Å²) in [6, 6.07) is 6.58. The van der Waals surface area contributed by atoms with E-state index in [1.807, 2.05) is 13.0 Å². The van der Waals surface area contributed by atoms with Crippen LogP contribution >= 0.6 is 11.3 Å². The highest BCUT2D eigenvalue weighted by atomic mass is 32.1. The molecule has 0 fully saturated rings. The summed E-state index contributed by atoms with van der Waals surface area (Å²) in [5.74, 6) is 0. The topological polar surface area (TPSA) is 68.1 Å². The third-order valence-electron chi connectivity index (χ3n) is 2.65. The van der Waals surface area contributed by atoms with Crippen molar-refractivity contribution >= 4 is 22.2 Å². The zero-order valence-electron chi connectivity index (χ0n) is 10.8. The molecule has 0 saturated heterocycles. The molecule has 100 valence electrons. The van der Waals surface area contributed by atoms with Crippen molar-refractivity contribution in [3.05, 3.63) is 39.3 Å². The number of aromatic nitrogens is 1. The van der Waals surface area contributed by atoms with Gasteiger partial charge >= 0.3 is 0 Å². The molecule has 0 bridgehead atoms. The summed E-state index contributed by atoms with van der Waals surface area (Å²) >= 11 is 1.57. The van der Waals surface area contributed by atoms with E-state index in [9.17, 15) is 10.1 Å². The van der Waals surface area contributed by atoms with Crippen LogP contribution in [0.4, 0.5) is 10.8 Å². The lowest BCUT2D eigenvalue weighted by molar-refractivity contribution is -0.384. The van der Waals surface area contributed by atoms with Crippen molar-refractivity contribution in [1.82, 2.24) is 4.98 Å². The molecule has 1 aromatic heterocycles. The summed E-state index contributed by atoms with van der Waals surface area (Å²) in [7, 11) is 0. The molecule has 5 nitrogen and oxygen atoms in total. The summed E-state index contributed by atoms with van der Waals surface area (Å²) in [5.41, 5.74) is 1.69. The first-order chi connectivity index (χ1) is 9.11. The number of nitro benzene ring substituents is 1. The zero-order chi connectivity index (χ0) is 13.8. The first-order valence-electron chi connectivity index (χ1n) is 6.08. The van der Waals surface area contributed by atoms with E-state index in [0.717, 1.165) is 34.2 Å². The van der Waals surface area contributed by atoms with Crippen LogP contribution in [-0.2, 0) is 0 Å². The molecule has 0 aliphatic rings. The molecule has 0 atom stereocenters. The van der Waals surface area contributed by atoms with Gasteiger partial charge in [-0.05, 0) is 13.3 Å². The van der Waals surface area contributed by atoms with Crippen molar-refractivity contribution in [2.45, 2.75) is 20.3 Å². The van der Waals surface area contributed by atoms with Gasteiger partial charge in [-0.3, -0.25) is 10.1 Å². The van der Waals surface area contributed by atoms with E-state index in [4.69, 9.17) is 0 Å². The van der Waals surface area contributed by atoms with E-state index in [0.29, 0.717) is 0 Å². The number of hydrogen-bond donors (Lipinski definition) is 1. The fourth-order valence-electron chi connectivity index (χ4n) is 1.74. The number of thiazole rings is 1. The van der Waals surface area contributed by atoms with Gasteiger partial charge in [-0.1, -0.05) is 19.1 Å². The lowest BCUT2D eigenvalue weighted by atomic mass is 10.1.